The summed E-state index contributed by atoms with van der Waals surface area (Å²) in [5.74, 6) is 0. The minimum atomic E-state index is -0.0265. The van der Waals surface area contributed by atoms with Crippen molar-refractivity contribution in [3.8, 4) is 0 Å². The molecule has 17 heavy (non-hydrogen) atoms. The molecule has 2 unspecified atom stereocenters. The maximum absolute atomic E-state index is 3.94. The molecule has 0 radical (unpaired) electrons. The van der Waals surface area contributed by atoms with Crippen molar-refractivity contribution in [3.05, 3.63) is 0 Å². The third-order valence-electron chi connectivity index (χ3n) is 2.98. The van der Waals surface area contributed by atoms with Crippen molar-refractivity contribution < 1.29 is 0 Å². The van der Waals surface area contributed by atoms with Gasteiger partial charge in [0.2, 0.25) is 0 Å². The van der Waals surface area contributed by atoms with Crippen LogP contribution in [0.4, 0.5) is 0 Å². The van der Waals surface area contributed by atoms with Gasteiger partial charge in [0.15, 0.2) is 0 Å². The molecule has 0 bridgehead atoms. The van der Waals surface area contributed by atoms with Crippen molar-refractivity contribution in [2.75, 3.05) is 0 Å². The fraction of sp³-hybridized carbons (Fsp3) is 1.00. The van der Waals surface area contributed by atoms with Crippen LogP contribution in [0.5, 0.6) is 0 Å². The van der Waals surface area contributed by atoms with E-state index in [1.807, 2.05) is 0 Å². The van der Waals surface area contributed by atoms with Crippen LogP contribution in [0.2, 0.25) is 0 Å². The number of rotatable bonds is 1. The number of nitrogens with one attached hydrogen (secondary N) is 1. The van der Waals surface area contributed by atoms with Crippen molar-refractivity contribution in [2.45, 2.75) is 78.7 Å². The molecule has 2 atom stereocenters. The Bertz CT molecular complexity index is 247. The summed E-state index contributed by atoms with van der Waals surface area (Å²) in [4.78, 5) is 0. The predicted octanol–water partition coefficient (Wildman–Crippen LogP) is 5.21. The quantitative estimate of drug-likeness (QED) is 0.648. The highest BCUT2D eigenvalue weighted by molar-refractivity contribution is 7.84. The first-order valence-electron chi connectivity index (χ1n) is 6.64. The minimum Gasteiger partial charge on any atom is -0.290 e. The molecule has 1 fully saturated rings. The number of hydrogen-bond donors (Lipinski definition) is 1. The Labute approximate surface area is 111 Å². The van der Waals surface area contributed by atoms with E-state index in [1.165, 1.54) is 0 Å². The van der Waals surface area contributed by atoms with Crippen LogP contribution in [0.1, 0.15) is 62.3 Å². The second kappa shape index (κ2) is 4.73. The summed E-state index contributed by atoms with van der Waals surface area (Å²) in [7, 11) is 1.11. The SMILES string of the molecule is CC(C)(C)NP1C(C(C)(C)C)PC1C(C)(C)C. The molecule has 0 aromatic rings. The van der Waals surface area contributed by atoms with E-state index in [0.29, 0.717) is 10.8 Å². The lowest BCUT2D eigenvalue weighted by Gasteiger charge is -2.57. The topological polar surface area (TPSA) is 12.0 Å². The molecule has 0 saturated carbocycles. The molecule has 1 nitrogen and oxygen atoms in total. The van der Waals surface area contributed by atoms with Gasteiger partial charge in [-0.1, -0.05) is 41.5 Å². The van der Waals surface area contributed by atoms with Gasteiger partial charge in [0.05, 0.1) is 0 Å². The third kappa shape index (κ3) is 4.15. The Morgan fingerprint density at radius 3 is 1.35 bits per heavy atom. The van der Waals surface area contributed by atoms with Gasteiger partial charge in [-0.25, -0.2) is 0 Å². The lowest BCUT2D eigenvalue weighted by molar-refractivity contribution is 0.399. The zero-order valence-electron chi connectivity index (χ0n) is 13.1. The molecule has 1 N–H and O–H groups in total. The third-order valence-corrected chi connectivity index (χ3v) is 11.5. The highest BCUT2D eigenvalue weighted by atomic mass is 31.2. The average molecular weight is 275 g/mol. The van der Waals surface area contributed by atoms with Crippen LogP contribution in [0.3, 0.4) is 0 Å². The summed E-state index contributed by atoms with van der Waals surface area (Å²) in [6, 6.07) is 0. The first-order chi connectivity index (χ1) is 7.32. The maximum Gasteiger partial charge on any atom is 0.0157 e. The van der Waals surface area contributed by atoms with Crippen LogP contribution in [0, 0.1) is 10.8 Å². The molecular formula is C14H31NP2. The Hall–Kier alpha value is 0.820. The van der Waals surface area contributed by atoms with Crippen LogP contribution in [-0.4, -0.2) is 16.3 Å². The Morgan fingerprint density at radius 1 is 0.765 bits per heavy atom. The average Bonchev–Trinajstić information content (AvgIpc) is 1.90. The predicted molar refractivity (Wildman–Crippen MR) is 84.6 cm³/mol. The molecule has 1 aliphatic rings. The minimum absolute atomic E-state index is 0.0265. The molecule has 1 saturated heterocycles. The Balaban J connectivity index is 2.81. The molecule has 0 spiro atoms. The van der Waals surface area contributed by atoms with Crippen molar-refractivity contribution >= 4 is 16.7 Å². The first-order valence-corrected chi connectivity index (χ1v) is 9.28. The molecule has 0 aromatic carbocycles. The molecule has 0 amide bonds. The molecule has 0 aliphatic carbocycles. The summed E-state index contributed by atoms with van der Waals surface area (Å²) in [6.45, 7) is 21.3. The number of hydrogen-bond acceptors (Lipinski definition) is 1. The first kappa shape index (κ1) is 15.9. The fourth-order valence-corrected chi connectivity index (χ4v) is 8.86. The van der Waals surface area contributed by atoms with Gasteiger partial charge in [0.25, 0.3) is 0 Å². The van der Waals surface area contributed by atoms with E-state index in [1.54, 1.807) is 0 Å². The molecule has 1 aliphatic heterocycles. The van der Waals surface area contributed by atoms with Crippen molar-refractivity contribution in [1.29, 1.82) is 0 Å². The van der Waals surface area contributed by atoms with E-state index in [9.17, 15) is 0 Å². The zero-order valence-corrected chi connectivity index (χ0v) is 15.0. The summed E-state index contributed by atoms with van der Waals surface area (Å²) < 4.78 is 0. The standard InChI is InChI=1S/C14H31NP2/c1-12(2,3)10-16-11(13(4,5)6)17(10)15-14(7,8)9/h10-11,15-16H,1-9H3. The fourth-order valence-electron chi connectivity index (χ4n) is 2.23. The second-order valence-corrected chi connectivity index (χ2v) is 13.0. The summed E-state index contributed by atoms with van der Waals surface area (Å²) in [6.07, 6.45) is 0. The van der Waals surface area contributed by atoms with Gasteiger partial charge in [-0.15, -0.1) is 8.58 Å². The van der Waals surface area contributed by atoms with Crippen molar-refractivity contribution in [3.63, 3.8) is 0 Å². The van der Waals surface area contributed by atoms with E-state index in [4.69, 9.17) is 0 Å². The van der Waals surface area contributed by atoms with Gasteiger partial charge in [-0.3, -0.25) is 5.09 Å². The van der Waals surface area contributed by atoms with Crippen LogP contribution in [0.25, 0.3) is 0 Å². The van der Waals surface area contributed by atoms with E-state index >= 15 is 0 Å². The molecule has 102 valence electrons. The zero-order chi connectivity index (χ0) is 13.6. The summed E-state index contributed by atoms with van der Waals surface area (Å²) >= 11 is 0. The second-order valence-electron chi connectivity index (χ2n) is 8.47. The highest BCUT2D eigenvalue weighted by Crippen LogP contribution is 2.76. The van der Waals surface area contributed by atoms with E-state index in [-0.39, 0.29) is 13.6 Å². The molecule has 1 rings (SSSR count). The lowest BCUT2D eigenvalue weighted by atomic mass is 9.99. The van der Waals surface area contributed by atoms with E-state index in [0.717, 1.165) is 19.4 Å². The molecule has 3 heteroatoms. The van der Waals surface area contributed by atoms with Crippen LogP contribution < -0.4 is 5.09 Å². The lowest BCUT2D eigenvalue weighted by Crippen LogP contribution is -2.47. The van der Waals surface area contributed by atoms with Gasteiger partial charge in [-0.2, -0.15) is 0 Å². The van der Waals surface area contributed by atoms with Gasteiger partial charge in [0.1, 0.15) is 0 Å². The van der Waals surface area contributed by atoms with E-state index < -0.39 is 0 Å². The van der Waals surface area contributed by atoms with Gasteiger partial charge < -0.3 is 0 Å². The van der Waals surface area contributed by atoms with Gasteiger partial charge in [-0.05, 0) is 39.7 Å². The van der Waals surface area contributed by atoms with Crippen molar-refractivity contribution in [2.24, 2.45) is 10.8 Å². The van der Waals surface area contributed by atoms with Crippen LogP contribution in [-0.2, 0) is 0 Å². The largest absolute Gasteiger partial charge is 0.290 e. The monoisotopic (exact) mass is 275 g/mol. The van der Waals surface area contributed by atoms with Gasteiger partial charge in [0, 0.05) is 16.3 Å². The smallest absolute Gasteiger partial charge is 0.0157 e. The molecular weight excluding hydrogens is 244 g/mol. The van der Waals surface area contributed by atoms with Gasteiger partial charge >= 0.3 is 0 Å². The van der Waals surface area contributed by atoms with Crippen LogP contribution >= 0.6 is 16.7 Å². The molecule has 0 aromatic heterocycles. The molecule has 1 heterocycles. The normalized spacial score (nSPS) is 32.6. The van der Waals surface area contributed by atoms with Crippen molar-refractivity contribution in [1.82, 2.24) is 5.09 Å². The summed E-state index contributed by atoms with van der Waals surface area (Å²) in [5.41, 5.74) is 1.18. The maximum atomic E-state index is 3.94. The Kier molecular flexibility index (Phi) is 4.42. The highest BCUT2D eigenvalue weighted by Gasteiger charge is 2.51. The van der Waals surface area contributed by atoms with E-state index in [2.05, 4.69) is 67.4 Å². The summed E-state index contributed by atoms with van der Waals surface area (Å²) in [5, 5.41) is 5.75. The Morgan fingerprint density at radius 2 is 1.12 bits per heavy atom. The van der Waals surface area contributed by atoms with Crippen LogP contribution in [0.15, 0.2) is 0 Å².